The minimum absolute atomic E-state index is 0.0245. The van der Waals surface area contributed by atoms with Crippen LogP contribution in [0, 0.1) is 23.7 Å². The second-order valence-corrected chi connectivity index (χ2v) is 13.7. The Morgan fingerprint density at radius 2 is 1.52 bits per heavy atom. The number of fused-ring (bicyclic) bond motifs is 4. The van der Waals surface area contributed by atoms with E-state index in [1.807, 2.05) is 96.4 Å². The Kier molecular flexibility index (Phi) is 6.76. The number of phenols is 1. The highest BCUT2D eigenvalue weighted by Crippen LogP contribution is 2.64. The summed E-state index contributed by atoms with van der Waals surface area (Å²) in [6.07, 6.45) is 4.12. The van der Waals surface area contributed by atoms with Crippen LogP contribution in [0.25, 0.3) is 5.57 Å². The number of Topliss-reactive ketones (excluding diaryl/α,β-unsaturated/α-hetero) is 1. The number of imide groups is 1. The first kappa shape index (κ1) is 28.6. The van der Waals surface area contributed by atoms with Crippen molar-refractivity contribution in [3.63, 3.8) is 0 Å². The highest BCUT2D eigenvalue weighted by Gasteiger charge is 2.66. The summed E-state index contributed by atoms with van der Waals surface area (Å²) in [7, 11) is 0. The summed E-state index contributed by atoms with van der Waals surface area (Å²) in [5, 5.41) is 13.3. The molecule has 46 heavy (non-hydrogen) atoms. The number of thiophene rings is 1. The fraction of sp³-hybridized carbons (Fsp3) is 0.231. The van der Waals surface area contributed by atoms with E-state index in [4.69, 9.17) is 0 Å². The Balaban J connectivity index is 1.35. The molecule has 3 aromatic carbocycles. The Labute approximate surface area is 270 Å². The largest absolute Gasteiger partial charge is 0.508 e. The summed E-state index contributed by atoms with van der Waals surface area (Å²) in [6.45, 7) is 0.225. The van der Waals surface area contributed by atoms with Crippen molar-refractivity contribution in [2.75, 3.05) is 0 Å². The first-order valence-corrected chi connectivity index (χ1v) is 16.6. The number of carbonyl (C=O) groups excluding carboxylic acids is 4. The van der Waals surface area contributed by atoms with Crippen LogP contribution in [0.2, 0.25) is 0 Å². The number of ketones is 2. The predicted molar refractivity (Wildman–Crippen MR) is 175 cm³/mol. The topological polar surface area (TPSA) is 91.8 Å². The molecule has 0 radical (unpaired) electrons. The molecular weight excluding hydrogens is 594 g/mol. The van der Waals surface area contributed by atoms with Gasteiger partial charge in [0.25, 0.3) is 0 Å². The first-order valence-electron chi connectivity index (χ1n) is 15.7. The van der Waals surface area contributed by atoms with Gasteiger partial charge in [0.2, 0.25) is 11.8 Å². The molecule has 3 aliphatic carbocycles. The van der Waals surface area contributed by atoms with Crippen molar-refractivity contribution >= 4 is 40.3 Å². The molecule has 0 spiro atoms. The van der Waals surface area contributed by atoms with Gasteiger partial charge in [-0.3, -0.25) is 24.1 Å². The van der Waals surface area contributed by atoms with Crippen molar-refractivity contribution in [2.45, 2.75) is 30.7 Å². The number of rotatable bonds is 5. The van der Waals surface area contributed by atoms with Gasteiger partial charge in [0.15, 0.2) is 11.6 Å². The van der Waals surface area contributed by atoms with E-state index in [1.165, 1.54) is 22.3 Å². The summed E-state index contributed by atoms with van der Waals surface area (Å²) in [5.74, 6) is -3.95. The molecular formula is C39H31NO5S. The molecule has 1 aliphatic heterocycles. The van der Waals surface area contributed by atoms with E-state index in [0.29, 0.717) is 28.7 Å². The number of carbonyl (C=O) groups is 4. The first-order chi connectivity index (χ1) is 22.4. The fourth-order valence-electron chi connectivity index (χ4n) is 8.73. The predicted octanol–water partition coefficient (Wildman–Crippen LogP) is 6.48. The molecule has 6 atom stereocenters. The highest BCUT2D eigenvalue weighted by atomic mass is 32.1. The average Bonchev–Trinajstić information content (AvgIpc) is 3.69. The monoisotopic (exact) mass is 625 g/mol. The number of aromatic hydroxyl groups is 1. The summed E-state index contributed by atoms with van der Waals surface area (Å²) < 4.78 is 0. The summed E-state index contributed by atoms with van der Waals surface area (Å²) in [6, 6.07) is 29.4. The van der Waals surface area contributed by atoms with Crippen LogP contribution in [-0.4, -0.2) is 33.4 Å². The van der Waals surface area contributed by atoms with Gasteiger partial charge in [0.05, 0.1) is 23.8 Å². The van der Waals surface area contributed by atoms with E-state index in [2.05, 4.69) is 0 Å². The van der Waals surface area contributed by atoms with E-state index < -0.39 is 35.0 Å². The maximum absolute atomic E-state index is 15.0. The van der Waals surface area contributed by atoms with Crippen LogP contribution in [0.1, 0.15) is 40.3 Å². The standard InChI is InChI=1S/C39H31NO5S/c41-32-16-8-7-15-27(32)35-26-17-18-28-34(38(45)40(37(28)44)22-25-14-9-19-46-25)30(26)20-31-36(43)29(23-10-3-1-4-11-23)21-33(42)39(31,35)24-12-5-2-6-13-24/h1-17,19,21,28,30-31,34-35,41H,18,20,22H2/t28-,30+,31-,34-,35+,39-/m0/s1. The lowest BCUT2D eigenvalue weighted by atomic mass is 9.44. The van der Waals surface area contributed by atoms with Crippen LogP contribution in [-0.2, 0) is 31.1 Å². The third-order valence-electron chi connectivity index (χ3n) is 10.6. The number of hydrogen-bond acceptors (Lipinski definition) is 6. The van der Waals surface area contributed by atoms with E-state index in [9.17, 15) is 24.3 Å². The molecule has 4 aliphatic rings. The molecule has 1 saturated heterocycles. The smallest absolute Gasteiger partial charge is 0.234 e. The number of hydrogen-bond donors (Lipinski definition) is 1. The van der Waals surface area contributed by atoms with Crippen LogP contribution < -0.4 is 0 Å². The molecule has 6 nitrogen and oxygen atoms in total. The molecule has 2 heterocycles. The van der Waals surface area contributed by atoms with E-state index in [1.54, 1.807) is 12.1 Å². The van der Waals surface area contributed by atoms with Crippen molar-refractivity contribution in [2.24, 2.45) is 23.7 Å². The van der Waals surface area contributed by atoms with Crippen molar-refractivity contribution in [1.82, 2.24) is 4.90 Å². The number of para-hydroxylation sites is 1. The molecule has 0 unspecified atom stereocenters. The van der Waals surface area contributed by atoms with Gasteiger partial charge >= 0.3 is 0 Å². The van der Waals surface area contributed by atoms with E-state index in [-0.39, 0.29) is 42.1 Å². The van der Waals surface area contributed by atoms with Gasteiger partial charge in [-0.1, -0.05) is 96.6 Å². The zero-order valence-electron chi connectivity index (χ0n) is 24.9. The molecule has 1 aromatic heterocycles. The lowest BCUT2D eigenvalue weighted by molar-refractivity contribution is -0.141. The molecule has 1 N–H and O–H groups in total. The van der Waals surface area contributed by atoms with Gasteiger partial charge in [-0.25, -0.2) is 0 Å². The Morgan fingerprint density at radius 1 is 0.804 bits per heavy atom. The number of benzene rings is 3. The maximum atomic E-state index is 15.0. The molecule has 7 heteroatoms. The second kappa shape index (κ2) is 10.9. The summed E-state index contributed by atoms with van der Waals surface area (Å²) in [5.41, 5.74) is 1.75. The Hall–Kier alpha value is -4.88. The van der Waals surface area contributed by atoms with Gasteiger partial charge in [-0.2, -0.15) is 0 Å². The molecule has 1 saturated carbocycles. The second-order valence-electron chi connectivity index (χ2n) is 12.7. The Bertz CT molecular complexity index is 1950. The minimum atomic E-state index is -1.35. The molecule has 2 fully saturated rings. The Morgan fingerprint density at radius 3 is 2.24 bits per heavy atom. The lowest BCUT2D eigenvalue weighted by Crippen LogP contribution is -2.58. The molecule has 2 amide bonds. The number of amides is 2. The van der Waals surface area contributed by atoms with Gasteiger partial charge < -0.3 is 5.11 Å². The van der Waals surface area contributed by atoms with E-state index >= 15 is 0 Å². The molecule has 228 valence electrons. The number of nitrogens with zero attached hydrogens (tertiary/aromatic N) is 1. The average molecular weight is 626 g/mol. The quantitative estimate of drug-likeness (QED) is 0.203. The highest BCUT2D eigenvalue weighted by molar-refractivity contribution is 7.09. The van der Waals surface area contributed by atoms with Gasteiger partial charge in [0, 0.05) is 27.8 Å². The zero-order valence-corrected chi connectivity index (χ0v) is 25.7. The fourth-order valence-corrected chi connectivity index (χ4v) is 9.42. The van der Waals surface area contributed by atoms with Crippen molar-refractivity contribution < 1.29 is 24.3 Å². The summed E-state index contributed by atoms with van der Waals surface area (Å²) in [4.78, 5) is 60.2. The van der Waals surface area contributed by atoms with Crippen LogP contribution in [0.4, 0.5) is 0 Å². The summed E-state index contributed by atoms with van der Waals surface area (Å²) >= 11 is 1.50. The van der Waals surface area contributed by atoms with Crippen molar-refractivity contribution in [3.8, 4) is 5.75 Å². The van der Waals surface area contributed by atoms with Gasteiger partial charge in [-0.05, 0) is 53.5 Å². The van der Waals surface area contributed by atoms with Gasteiger partial charge in [-0.15, -0.1) is 11.3 Å². The molecule has 8 rings (SSSR count). The minimum Gasteiger partial charge on any atom is -0.508 e. The lowest BCUT2D eigenvalue weighted by Gasteiger charge is -2.55. The molecule has 4 aromatic rings. The third kappa shape index (κ3) is 4.07. The molecule has 0 bridgehead atoms. The van der Waals surface area contributed by atoms with Gasteiger partial charge in [0.1, 0.15) is 5.75 Å². The third-order valence-corrected chi connectivity index (χ3v) is 11.5. The van der Waals surface area contributed by atoms with Crippen LogP contribution >= 0.6 is 11.3 Å². The van der Waals surface area contributed by atoms with Crippen molar-refractivity contribution in [3.05, 3.63) is 142 Å². The normalized spacial score (nSPS) is 28.7. The van der Waals surface area contributed by atoms with E-state index in [0.717, 1.165) is 10.5 Å². The number of phenolic OH excluding ortho intramolecular Hbond substituents is 1. The van der Waals surface area contributed by atoms with Crippen molar-refractivity contribution in [1.29, 1.82) is 0 Å². The number of likely N-dealkylation sites (tertiary alicyclic amines) is 1. The zero-order chi connectivity index (χ0) is 31.6. The maximum Gasteiger partial charge on any atom is 0.234 e. The SMILES string of the molecule is O=C1C(c2ccccc2)=CC(=O)[C@@]2(c3ccccc3)[C@@H](c3ccccc3O)C3=CC[C@@H]4C(=O)N(Cc5cccs5)C(=O)[C@@H]4[C@@H]3C[C@@H]12. The van der Waals surface area contributed by atoms with Crippen LogP contribution in [0.3, 0.4) is 0 Å². The van der Waals surface area contributed by atoms with Crippen LogP contribution in [0.5, 0.6) is 5.75 Å². The number of allylic oxidation sites excluding steroid dienone is 4. The van der Waals surface area contributed by atoms with Crippen LogP contribution in [0.15, 0.2) is 120 Å².